The lowest BCUT2D eigenvalue weighted by molar-refractivity contribution is 0.0766. The second-order valence-electron chi connectivity index (χ2n) is 12.7. The number of nitrogens with one attached hydrogen (secondary N) is 1. The summed E-state index contributed by atoms with van der Waals surface area (Å²) < 4.78 is 12.7. The Morgan fingerprint density at radius 1 is 0.830 bits per heavy atom. The number of methoxy groups -OCH3 is 1. The maximum Gasteiger partial charge on any atom is 0.332 e. The summed E-state index contributed by atoms with van der Waals surface area (Å²) in [4.78, 5) is 28.1. The molecule has 4 aromatic carbocycles. The Morgan fingerprint density at radius 3 is 1.96 bits per heavy atom. The summed E-state index contributed by atoms with van der Waals surface area (Å²) in [5.74, 6) is 1.57. The number of ether oxygens (including phenoxy) is 1. The number of carbonyl (C=O) groups excluding carboxylic acids is 1. The van der Waals surface area contributed by atoms with Crippen molar-refractivity contribution in [3.05, 3.63) is 127 Å². The minimum Gasteiger partial charge on any atom is -0.497 e. The van der Waals surface area contributed by atoms with Crippen LogP contribution >= 0.6 is 0 Å². The van der Waals surface area contributed by atoms with Gasteiger partial charge in [0.2, 0.25) is 5.95 Å². The van der Waals surface area contributed by atoms with Crippen molar-refractivity contribution in [2.75, 3.05) is 22.2 Å². The molecule has 47 heavy (non-hydrogen) atoms. The normalized spacial score (nSPS) is 14.5. The molecule has 1 radical (unpaired) electrons. The lowest BCUT2D eigenvalue weighted by Crippen LogP contribution is -2.60. The van der Waals surface area contributed by atoms with Crippen LogP contribution in [0, 0.1) is 11.3 Å². The highest BCUT2D eigenvalue weighted by Crippen LogP contribution is 2.39. The van der Waals surface area contributed by atoms with Crippen LogP contribution in [0.25, 0.3) is 0 Å². The van der Waals surface area contributed by atoms with Gasteiger partial charge in [0.15, 0.2) is 0 Å². The van der Waals surface area contributed by atoms with E-state index in [4.69, 9.17) is 14.1 Å². The molecule has 1 aliphatic heterocycles. The standard InChI is InChI=1S/C38H40N5O3Si/c1-27(38(2,3)4)35(46-47(32-17-11-7-12-18-32)33-19-13-8-14-20-33)43-34-28(25-39-36(41-34)40-29-15-9-6-10-16-29)26-42(37(43)44)30-21-23-31(45-5)24-22-30/h6-25,27,35H,26H2,1-5H3,(H,39,40,41). The Kier molecular flexibility index (Phi) is 9.37. The van der Waals surface area contributed by atoms with Crippen molar-refractivity contribution in [3.63, 3.8) is 0 Å². The molecule has 2 amide bonds. The molecule has 239 valence electrons. The monoisotopic (exact) mass is 642 g/mol. The maximum absolute atomic E-state index is 14.9. The number of rotatable bonds is 10. The summed E-state index contributed by atoms with van der Waals surface area (Å²) in [5.41, 5.74) is 2.21. The fraction of sp³-hybridized carbons (Fsp3) is 0.237. The quantitative estimate of drug-likeness (QED) is 0.165. The van der Waals surface area contributed by atoms with Gasteiger partial charge < -0.3 is 14.5 Å². The summed E-state index contributed by atoms with van der Waals surface area (Å²) in [7, 11) is -0.181. The summed E-state index contributed by atoms with van der Waals surface area (Å²) in [5, 5.41) is 5.51. The van der Waals surface area contributed by atoms with Gasteiger partial charge >= 0.3 is 6.03 Å². The number of benzene rings is 4. The van der Waals surface area contributed by atoms with Gasteiger partial charge in [-0.2, -0.15) is 4.98 Å². The van der Waals surface area contributed by atoms with Crippen LogP contribution in [-0.4, -0.2) is 38.4 Å². The highest BCUT2D eigenvalue weighted by atomic mass is 28.3. The van der Waals surface area contributed by atoms with Gasteiger partial charge in [-0.3, -0.25) is 9.80 Å². The van der Waals surface area contributed by atoms with Crippen molar-refractivity contribution in [1.82, 2.24) is 9.97 Å². The molecule has 9 heteroatoms. The molecule has 6 rings (SSSR count). The zero-order valence-electron chi connectivity index (χ0n) is 27.4. The van der Waals surface area contributed by atoms with Crippen LogP contribution < -0.4 is 30.2 Å². The van der Waals surface area contributed by atoms with Crippen LogP contribution in [0.5, 0.6) is 5.75 Å². The van der Waals surface area contributed by atoms with Gasteiger partial charge in [0.25, 0.3) is 9.04 Å². The Balaban J connectivity index is 1.50. The molecule has 2 heterocycles. The number of para-hydroxylation sites is 1. The van der Waals surface area contributed by atoms with Gasteiger partial charge in [0.1, 0.15) is 17.8 Å². The van der Waals surface area contributed by atoms with Crippen LogP contribution in [0.15, 0.2) is 121 Å². The third kappa shape index (κ3) is 7.06. The molecule has 0 saturated carbocycles. The Hall–Kier alpha value is -4.99. The number of hydrogen-bond acceptors (Lipinski definition) is 6. The molecule has 8 nitrogen and oxygen atoms in total. The van der Waals surface area contributed by atoms with E-state index in [1.807, 2.05) is 97.2 Å². The van der Waals surface area contributed by atoms with Crippen molar-refractivity contribution in [1.29, 1.82) is 0 Å². The maximum atomic E-state index is 14.9. The molecule has 0 spiro atoms. The molecular weight excluding hydrogens is 603 g/mol. The van der Waals surface area contributed by atoms with E-state index >= 15 is 0 Å². The first-order chi connectivity index (χ1) is 22.7. The predicted octanol–water partition coefficient (Wildman–Crippen LogP) is 7.01. The van der Waals surface area contributed by atoms with E-state index in [9.17, 15) is 4.79 Å². The first-order valence-electron chi connectivity index (χ1n) is 15.8. The Bertz CT molecular complexity index is 1740. The molecule has 1 aromatic heterocycles. The van der Waals surface area contributed by atoms with Crippen LogP contribution in [0.4, 0.5) is 27.9 Å². The van der Waals surface area contributed by atoms with E-state index in [1.165, 1.54) is 0 Å². The largest absolute Gasteiger partial charge is 0.497 e. The minimum atomic E-state index is -1.81. The fourth-order valence-electron chi connectivity index (χ4n) is 5.49. The van der Waals surface area contributed by atoms with Gasteiger partial charge in [-0.1, -0.05) is 107 Å². The Morgan fingerprint density at radius 2 is 1.40 bits per heavy atom. The second-order valence-corrected chi connectivity index (χ2v) is 14.7. The minimum absolute atomic E-state index is 0.0944. The molecule has 0 fully saturated rings. The van der Waals surface area contributed by atoms with Crippen LogP contribution in [0.2, 0.25) is 0 Å². The van der Waals surface area contributed by atoms with E-state index in [1.54, 1.807) is 16.9 Å². The van der Waals surface area contributed by atoms with Gasteiger partial charge in [-0.25, -0.2) is 9.78 Å². The van der Waals surface area contributed by atoms with E-state index < -0.39 is 15.3 Å². The lowest BCUT2D eigenvalue weighted by atomic mass is 9.80. The third-order valence-corrected chi connectivity index (χ3v) is 10.8. The number of hydrogen-bond donors (Lipinski definition) is 1. The number of anilines is 4. The molecule has 5 aromatic rings. The molecular formula is C38H40N5O3Si. The van der Waals surface area contributed by atoms with Crippen molar-refractivity contribution >= 4 is 48.6 Å². The number of urea groups is 1. The lowest BCUT2D eigenvalue weighted by Gasteiger charge is -2.45. The average molecular weight is 643 g/mol. The smallest absolute Gasteiger partial charge is 0.332 e. The molecule has 1 aliphatic rings. The SMILES string of the molecule is COc1ccc(N2Cc3cnc(Nc4ccccc4)nc3N(C(O[Si](c3ccccc3)c3ccccc3)C(C)C(C)(C)C)C2=O)cc1. The number of nitrogens with zero attached hydrogens (tertiary/aromatic N) is 4. The highest BCUT2D eigenvalue weighted by Gasteiger charge is 2.44. The molecule has 0 saturated heterocycles. The molecule has 2 unspecified atom stereocenters. The van der Waals surface area contributed by atoms with Crippen molar-refractivity contribution in [2.24, 2.45) is 11.3 Å². The van der Waals surface area contributed by atoms with Gasteiger partial charge in [0, 0.05) is 29.1 Å². The predicted molar refractivity (Wildman–Crippen MR) is 190 cm³/mol. The zero-order chi connectivity index (χ0) is 33.0. The van der Waals surface area contributed by atoms with Crippen molar-refractivity contribution < 1.29 is 14.0 Å². The molecule has 2 atom stereocenters. The van der Waals surface area contributed by atoms with Crippen LogP contribution in [0.1, 0.15) is 33.3 Å². The summed E-state index contributed by atoms with van der Waals surface area (Å²) in [6.45, 7) is 9.03. The van der Waals surface area contributed by atoms with Crippen LogP contribution in [0.3, 0.4) is 0 Å². The highest BCUT2D eigenvalue weighted by molar-refractivity contribution is 6.80. The van der Waals surface area contributed by atoms with E-state index in [0.717, 1.165) is 33.1 Å². The summed E-state index contributed by atoms with van der Waals surface area (Å²) >= 11 is 0. The fourth-order valence-corrected chi connectivity index (χ4v) is 7.64. The summed E-state index contributed by atoms with van der Waals surface area (Å²) in [6.07, 6.45) is 1.15. The topological polar surface area (TPSA) is 79.8 Å². The number of amides is 2. The number of fused-ring (bicyclic) bond motifs is 1. The number of carbonyl (C=O) groups is 1. The first-order valence-corrected chi connectivity index (χ1v) is 17.2. The Labute approximate surface area is 278 Å². The van der Waals surface area contributed by atoms with Crippen molar-refractivity contribution in [2.45, 2.75) is 40.5 Å². The zero-order valence-corrected chi connectivity index (χ0v) is 28.4. The van der Waals surface area contributed by atoms with Crippen LogP contribution in [-0.2, 0) is 11.0 Å². The molecule has 0 bridgehead atoms. The number of aromatic nitrogens is 2. The molecule has 0 aliphatic carbocycles. The second kappa shape index (κ2) is 13.8. The van der Waals surface area contributed by atoms with E-state index in [-0.39, 0.29) is 17.4 Å². The van der Waals surface area contributed by atoms with Gasteiger partial charge in [-0.05, 0) is 52.2 Å². The third-order valence-electron chi connectivity index (χ3n) is 8.61. The van der Waals surface area contributed by atoms with E-state index in [0.29, 0.717) is 18.3 Å². The average Bonchev–Trinajstić information content (AvgIpc) is 3.10. The summed E-state index contributed by atoms with van der Waals surface area (Å²) in [6, 6.07) is 37.7. The van der Waals surface area contributed by atoms with E-state index in [2.05, 4.69) is 62.3 Å². The van der Waals surface area contributed by atoms with Gasteiger partial charge in [0.05, 0.1) is 13.7 Å². The van der Waals surface area contributed by atoms with Crippen molar-refractivity contribution in [3.8, 4) is 5.75 Å². The molecule has 1 N–H and O–H groups in total. The first kappa shape index (κ1) is 32.0. The van der Waals surface area contributed by atoms with Gasteiger partial charge in [-0.15, -0.1) is 0 Å².